The van der Waals surface area contributed by atoms with Gasteiger partial charge in [-0.3, -0.25) is 14.6 Å². The highest BCUT2D eigenvalue weighted by atomic mass is 19.2. The average Bonchev–Trinajstić information content (AvgIpc) is 4.13. The number of amides is 2. The molecule has 284 valence electrons. The molecule has 1 aromatic heterocycles. The van der Waals surface area contributed by atoms with Gasteiger partial charge in [0, 0.05) is 41.9 Å². The molecule has 0 radical (unpaired) electrons. The first-order valence-electron chi connectivity index (χ1n) is 17.4. The number of ether oxygens (including phenoxy) is 5. The van der Waals surface area contributed by atoms with Crippen molar-refractivity contribution in [2.75, 3.05) is 26.1 Å². The molecule has 2 aliphatic carbocycles. The summed E-state index contributed by atoms with van der Waals surface area (Å²) in [4.78, 5) is 43.2. The highest BCUT2D eigenvalue weighted by Crippen LogP contribution is 2.48. The Morgan fingerprint density at radius 1 is 0.764 bits per heavy atom. The van der Waals surface area contributed by atoms with E-state index in [-0.39, 0.29) is 49.5 Å². The van der Waals surface area contributed by atoms with Gasteiger partial charge in [0.15, 0.2) is 28.9 Å². The maximum absolute atomic E-state index is 15.4. The zero-order valence-corrected chi connectivity index (χ0v) is 29.9. The molecule has 0 aliphatic heterocycles. The highest BCUT2D eigenvalue weighted by Gasteiger charge is 2.55. The first-order chi connectivity index (χ1) is 26.5. The largest absolute Gasteiger partial charge is 0.497 e. The van der Waals surface area contributed by atoms with Gasteiger partial charge < -0.3 is 34.3 Å². The number of aromatic nitrogens is 1. The van der Waals surface area contributed by atoms with Crippen LogP contribution in [0.15, 0.2) is 85.1 Å². The summed E-state index contributed by atoms with van der Waals surface area (Å²) in [5, 5.41) is 5.93. The Labute approximate surface area is 313 Å². The molecule has 0 spiro atoms. The molecular weight excluding hydrogens is 719 g/mol. The van der Waals surface area contributed by atoms with Crippen LogP contribution in [0.1, 0.15) is 36.8 Å². The third-order valence-electron chi connectivity index (χ3n) is 9.74. The Balaban J connectivity index is 0.973. The standard InChI is InChI=1S/C41H36F3N3O8/c1-51-27-7-3-24(4-8-27)22-53-39(50)47-40(12-13-40)23-54-36-21-33-29(20-35(36)52-2)34(11-16-45-33)55-28-9-5-25(31(43)19-28)17-37(48)41(14-15-41)38(49)46-26-6-10-30(42)32(44)18-26/h3-11,16,18-21H,12-15,17,22-23H2,1-2H3,(H,46,49)(H,47,50). The van der Waals surface area contributed by atoms with Crippen molar-refractivity contribution in [3.05, 3.63) is 114 Å². The van der Waals surface area contributed by atoms with E-state index in [1.807, 2.05) is 12.1 Å². The molecule has 0 saturated heterocycles. The number of carbonyl (C=O) groups is 3. The van der Waals surface area contributed by atoms with Crippen molar-refractivity contribution >= 4 is 34.4 Å². The molecule has 2 saturated carbocycles. The van der Waals surface area contributed by atoms with Gasteiger partial charge in [-0.05, 0) is 79.3 Å². The number of halogens is 3. The summed E-state index contributed by atoms with van der Waals surface area (Å²) in [5.74, 6) is -2.06. The summed E-state index contributed by atoms with van der Waals surface area (Å²) >= 11 is 0. The zero-order valence-electron chi connectivity index (χ0n) is 29.9. The number of Topliss-reactive ketones (excluding diaryl/α,β-unsaturated/α-hetero) is 1. The number of hydrogen-bond donors (Lipinski definition) is 2. The van der Waals surface area contributed by atoms with Crippen LogP contribution in [0.3, 0.4) is 0 Å². The average molecular weight is 756 g/mol. The van der Waals surface area contributed by atoms with Gasteiger partial charge in [0.2, 0.25) is 5.91 Å². The molecule has 2 amide bonds. The third kappa shape index (κ3) is 8.27. The lowest BCUT2D eigenvalue weighted by Gasteiger charge is -2.20. The van der Waals surface area contributed by atoms with Gasteiger partial charge in [-0.1, -0.05) is 18.2 Å². The molecule has 5 aromatic rings. The van der Waals surface area contributed by atoms with Crippen LogP contribution < -0.4 is 29.6 Å². The first kappa shape index (κ1) is 37.0. The minimum absolute atomic E-state index is 0.0149. The predicted octanol–water partition coefficient (Wildman–Crippen LogP) is 7.83. The second-order valence-electron chi connectivity index (χ2n) is 13.6. The van der Waals surface area contributed by atoms with Gasteiger partial charge >= 0.3 is 6.09 Å². The second-order valence-corrected chi connectivity index (χ2v) is 13.6. The lowest BCUT2D eigenvalue weighted by Crippen LogP contribution is -2.41. The molecular formula is C41H36F3N3O8. The maximum Gasteiger partial charge on any atom is 0.408 e. The van der Waals surface area contributed by atoms with Crippen molar-refractivity contribution in [3.63, 3.8) is 0 Å². The summed E-state index contributed by atoms with van der Waals surface area (Å²) in [6.07, 6.45) is 2.55. The quantitative estimate of drug-likeness (QED) is 0.103. The fourth-order valence-electron chi connectivity index (χ4n) is 6.07. The van der Waals surface area contributed by atoms with Crippen LogP contribution in [-0.2, 0) is 27.4 Å². The molecule has 2 aliphatic rings. The fourth-order valence-corrected chi connectivity index (χ4v) is 6.07. The number of ketones is 1. The van der Waals surface area contributed by atoms with E-state index in [2.05, 4.69) is 15.6 Å². The van der Waals surface area contributed by atoms with Gasteiger partial charge in [0.25, 0.3) is 0 Å². The summed E-state index contributed by atoms with van der Waals surface area (Å²) in [6, 6.07) is 19.2. The van der Waals surface area contributed by atoms with E-state index in [1.54, 1.807) is 37.4 Å². The molecule has 0 unspecified atom stereocenters. The van der Waals surface area contributed by atoms with E-state index in [0.29, 0.717) is 46.7 Å². The smallest absolute Gasteiger partial charge is 0.408 e. The fraction of sp³-hybridized carbons (Fsp3) is 0.268. The number of fused-ring (bicyclic) bond motifs is 1. The molecule has 0 bridgehead atoms. The van der Waals surface area contributed by atoms with Crippen LogP contribution in [0.5, 0.6) is 28.7 Å². The number of alkyl carbamates (subject to hydrolysis) is 1. The SMILES string of the molecule is COc1ccc(COC(=O)NC2(COc3cc4nccc(Oc5ccc(CC(=O)C6(C(=O)Nc7ccc(F)c(F)c7)CC6)c(F)c5)c4cc3OC)CC2)cc1. The number of nitrogens with zero attached hydrogens (tertiary/aromatic N) is 1. The number of hydrogen-bond acceptors (Lipinski definition) is 9. The van der Waals surface area contributed by atoms with E-state index < -0.39 is 46.2 Å². The molecule has 1 heterocycles. The number of methoxy groups -OCH3 is 2. The summed E-state index contributed by atoms with van der Waals surface area (Å²) in [5.41, 5.74) is -0.554. The van der Waals surface area contributed by atoms with Crippen LogP contribution in [0, 0.1) is 22.9 Å². The maximum atomic E-state index is 15.4. The highest BCUT2D eigenvalue weighted by molar-refractivity contribution is 6.14. The minimum atomic E-state index is -1.37. The van der Waals surface area contributed by atoms with Gasteiger partial charge in [0.05, 0.1) is 25.3 Å². The molecule has 11 nitrogen and oxygen atoms in total. The predicted molar refractivity (Wildman–Crippen MR) is 194 cm³/mol. The number of rotatable bonds is 15. The van der Waals surface area contributed by atoms with Crippen molar-refractivity contribution in [2.24, 2.45) is 5.41 Å². The van der Waals surface area contributed by atoms with Crippen molar-refractivity contribution in [1.82, 2.24) is 10.3 Å². The molecule has 2 N–H and O–H groups in total. The van der Waals surface area contributed by atoms with E-state index >= 15 is 4.39 Å². The first-order valence-corrected chi connectivity index (χ1v) is 17.4. The van der Waals surface area contributed by atoms with Crippen LogP contribution in [-0.4, -0.2) is 49.1 Å². The zero-order chi connectivity index (χ0) is 38.7. The van der Waals surface area contributed by atoms with Crippen LogP contribution >= 0.6 is 0 Å². The van der Waals surface area contributed by atoms with Gasteiger partial charge in [-0.2, -0.15) is 0 Å². The van der Waals surface area contributed by atoms with Crippen molar-refractivity contribution in [3.8, 4) is 28.7 Å². The lowest BCUT2D eigenvalue weighted by atomic mass is 9.93. The summed E-state index contributed by atoms with van der Waals surface area (Å²) < 4.78 is 70.6. The number of carbonyl (C=O) groups excluding carboxylic acids is 3. The van der Waals surface area contributed by atoms with E-state index in [9.17, 15) is 23.2 Å². The minimum Gasteiger partial charge on any atom is -0.497 e. The topological polar surface area (TPSA) is 134 Å². The second kappa shape index (κ2) is 15.2. The molecule has 7 rings (SSSR count). The van der Waals surface area contributed by atoms with Crippen LogP contribution in [0.25, 0.3) is 10.9 Å². The Bertz CT molecular complexity index is 2280. The normalized spacial score (nSPS) is 14.7. The van der Waals surface area contributed by atoms with Crippen LogP contribution in [0.4, 0.5) is 23.7 Å². The number of pyridine rings is 1. The molecule has 2 fully saturated rings. The Morgan fingerprint density at radius 3 is 2.20 bits per heavy atom. The van der Waals surface area contributed by atoms with Gasteiger partial charge in [-0.25, -0.2) is 18.0 Å². The van der Waals surface area contributed by atoms with Crippen LogP contribution in [0.2, 0.25) is 0 Å². The van der Waals surface area contributed by atoms with Gasteiger partial charge in [0.1, 0.15) is 41.7 Å². The molecule has 0 atom stereocenters. The van der Waals surface area contributed by atoms with E-state index in [4.69, 9.17) is 23.7 Å². The van der Waals surface area contributed by atoms with E-state index in [1.165, 1.54) is 31.5 Å². The molecule has 4 aromatic carbocycles. The Hall–Kier alpha value is -6.31. The monoisotopic (exact) mass is 755 g/mol. The lowest BCUT2D eigenvalue weighted by molar-refractivity contribution is -0.132. The number of benzene rings is 4. The van der Waals surface area contributed by atoms with Crippen molar-refractivity contribution in [2.45, 2.75) is 44.2 Å². The van der Waals surface area contributed by atoms with E-state index in [0.717, 1.165) is 23.8 Å². The molecule has 55 heavy (non-hydrogen) atoms. The number of anilines is 1. The molecule has 14 heteroatoms. The van der Waals surface area contributed by atoms with Crippen molar-refractivity contribution < 1.29 is 51.2 Å². The summed E-state index contributed by atoms with van der Waals surface area (Å²) in [6.45, 7) is 0.265. The van der Waals surface area contributed by atoms with Gasteiger partial charge in [-0.15, -0.1) is 0 Å². The third-order valence-corrected chi connectivity index (χ3v) is 9.74. The Kier molecular flexibility index (Phi) is 10.2. The Morgan fingerprint density at radius 2 is 1.53 bits per heavy atom. The summed E-state index contributed by atoms with van der Waals surface area (Å²) in [7, 11) is 3.06. The van der Waals surface area contributed by atoms with Crippen molar-refractivity contribution in [1.29, 1.82) is 0 Å². The number of nitrogens with one attached hydrogen (secondary N) is 2.